The van der Waals surface area contributed by atoms with E-state index >= 15 is 0 Å². The summed E-state index contributed by atoms with van der Waals surface area (Å²) in [5, 5.41) is 0. The number of ether oxygens (including phenoxy) is 2. The van der Waals surface area contributed by atoms with Gasteiger partial charge in [-0.15, -0.1) is 0 Å². The van der Waals surface area contributed by atoms with E-state index in [9.17, 15) is 0 Å². The van der Waals surface area contributed by atoms with Gasteiger partial charge in [0.2, 0.25) is 0 Å². The molecule has 18 heavy (non-hydrogen) atoms. The molecule has 0 bridgehead atoms. The predicted octanol–water partition coefficient (Wildman–Crippen LogP) is 2.46. The summed E-state index contributed by atoms with van der Waals surface area (Å²) >= 11 is 0. The Morgan fingerprint density at radius 2 is 2.06 bits per heavy atom. The SMILES string of the molecule is CC(C)CC(OC1CCCCC1)C1CN=C(N)O1. The first-order chi connectivity index (χ1) is 8.65. The van der Waals surface area contributed by atoms with Crippen molar-refractivity contribution in [3.05, 3.63) is 0 Å². The average Bonchev–Trinajstić information content (AvgIpc) is 2.76. The van der Waals surface area contributed by atoms with E-state index in [-0.39, 0.29) is 12.2 Å². The maximum atomic E-state index is 6.28. The number of nitrogens with two attached hydrogens (primary N) is 1. The van der Waals surface area contributed by atoms with Gasteiger partial charge in [0, 0.05) is 0 Å². The van der Waals surface area contributed by atoms with E-state index in [2.05, 4.69) is 18.8 Å². The molecule has 1 aliphatic carbocycles. The average molecular weight is 254 g/mol. The molecule has 1 saturated carbocycles. The molecule has 1 aliphatic heterocycles. The third kappa shape index (κ3) is 3.87. The summed E-state index contributed by atoms with van der Waals surface area (Å²) in [6.45, 7) is 5.09. The molecule has 0 radical (unpaired) electrons. The molecule has 2 unspecified atom stereocenters. The predicted molar refractivity (Wildman–Crippen MR) is 72.6 cm³/mol. The molecule has 2 N–H and O–H groups in total. The van der Waals surface area contributed by atoms with Crippen molar-refractivity contribution in [3.8, 4) is 0 Å². The van der Waals surface area contributed by atoms with Crippen LogP contribution in [-0.2, 0) is 9.47 Å². The molecule has 1 fully saturated rings. The van der Waals surface area contributed by atoms with E-state index in [0.717, 1.165) is 6.42 Å². The van der Waals surface area contributed by atoms with Crippen LogP contribution in [0.2, 0.25) is 0 Å². The topological polar surface area (TPSA) is 56.8 Å². The molecule has 0 aromatic rings. The van der Waals surface area contributed by atoms with Crippen molar-refractivity contribution in [3.63, 3.8) is 0 Å². The molecule has 0 spiro atoms. The number of aliphatic imine (C=N–C) groups is 1. The molecule has 0 saturated heterocycles. The van der Waals surface area contributed by atoms with Crippen molar-refractivity contribution in [2.75, 3.05) is 6.54 Å². The monoisotopic (exact) mass is 254 g/mol. The van der Waals surface area contributed by atoms with E-state index in [1.54, 1.807) is 0 Å². The summed E-state index contributed by atoms with van der Waals surface area (Å²) in [6, 6.07) is 0.320. The van der Waals surface area contributed by atoms with Crippen LogP contribution in [0.1, 0.15) is 52.4 Å². The molecule has 4 heteroatoms. The van der Waals surface area contributed by atoms with Crippen LogP contribution in [0.25, 0.3) is 0 Å². The second kappa shape index (κ2) is 6.41. The van der Waals surface area contributed by atoms with Crippen LogP contribution in [-0.4, -0.2) is 30.9 Å². The molecule has 2 atom stereocenters. The Bertz CT molecular complexity index is 286. The van der Waals surface area contributed by atoms with Crippen LogP contribution < -0.4 is 5.73 Å². The van der Waals surface area contributed by atoms with Gasteiger partial charge in [0.15, 0.2) is 0 Å². The van der Waals surface area contributed by atoms with Gasteiger partial charge >= 0.3 is 0 Å². The molecule has 0 aromatic carbocycles. The Balaban J connectivity index is 1.87. The lowest BCUT2D eigenvalue weighted by Crippen LogP contribution is -2.37. The first-order valence-electron chi connectivity index (χ1n) is 7.27. The lowest BCUT2D eigenvalue weighted by atomic mass is 9.96. The normalized spacial score (nSPS) is 27.1. The summed E-state index contributed by atoms with van der Waals surface area (Å²) in [5.41, 5.74) is 5.60. The van der Waals surface area contributed by atoms with E-state index in [1.807, 2.05) is 0 Å². The molecule has 104 valence electrons. The highest BCUT2D eigenvalue weighted by atomic mass is 16.6. The Labute approximate surface area is 110 Å². The summed E-state index contributed by atoms with van der Waals surface area (Å²) in [7, 11) is 0. The number of rotatable bonds is 5. The van der Waals surface area contributed by atoms with Gasteiger partial charge in [-0.1, -0.05) is 33.1 Å². The fraction of sp³-hybridized carbons (Fsp3) is 0.929. The Hall–Kier alpha value is -0.770. The zero-order valence-electron chi connectivity index (χ0n) is 11.6. The van der Waals surface area contributed by atoms with Gasteiger partial charge in [-0.3, -0.25) is 0 Å². The minimum atomic E-state index is 0.0225. The first kappa shape index (κ1) is 13.7. The number of amidine groups is 1. The van der Waals surface area contributed by atoms with E-state index in [1.165, 1.54) is 32.1 Å². The first-order valence-corrected chi connectivity index (χ1v) is 7.27. The second-order valence-electron chi connectivity index (χ2n) is 5.90. The van der Waals surface area contributed by atoms with Gasteiger partial charge in [-0.05, 0) is 25.2 Å². The van der Waals surface area contributed by atoms with Crippen molar-refractivity contribution < 1.29 is 9.47 Å². The van der Waals surface area contributed by atoms with Crippen LogP contribution in [0.15, 0.2) is 4.99 Å². The van der Waals surface area contributed by atoms with Crippen LogP contribution in [0, 0.1) is 5.92 Å². The zero-order chi connectivity index (χ0) is 13.0. The number of hydrogen-bond donors (Lipinski definition) is 1. The van der Waals surface area contributed by atoms with Gasteiger partial charge in [-0.25, -0.2) is 4.99 Å². The highest BCUT2D eigenvalue weighted by Gasteiger charge is 2.31. The van der Waals surface area contributed by atoms with Crippen molar-refractivity contribution in [1.29, 1.82) is 0 Å². The van der Waals surface area contributed by atoms with Crippen LogP contribution in [0.3, 0.4) is 0 Å². The smallest absolute Gasteiger partial charge is 0.282 e. The third-order valence-electron chi connectivity index (χ3n) is 3.74. The second-order valence-corrected chi connectivity index (χ2v) is 5.90. The van der Waals surface area contributed by atoms with Crippen molar-refractivity contribution in [2.45, 2.75) is 70.7 Å². The number of nitrogens with zero attached hydrogens (tertiary/aromatic N) is 1. The molecular formula is C14H26N2O2. The fourth-order valence-corrected chi connectivity index (χ4v) is 2.81. The molecule has 4 nitrogen and oxygen atoms in total. The van der Waals surface area contributed by atoms with Crippen LogP contribution >= 0.6 is 0 Å². The van der Waals surface area contributed by atoms with Crippen LogP contribution in [0.5, 0.6) is 0 Å². The zero-order valence-corrected chi connectivity index (χ0v) is 11.6. The summed E-state index contributed by atoms with van der Waals surface area (Å²) in [5.74, 6) is 0.601. The fourth-order valence-electron chi connectivity index (χ4n) is 2.81. The highest BCUT2D eigenvalue weighted by Crippen LogP contribution is 2.26. The number of hydrogen-bond acceptors (Lipinski definition) is 4. The van der Waals surface area contributed by atoms with Crippen molar-refractivity contribution in [1.82, 2.24) is 0 Å². The summed E-state index contributed by atoms with van der Waals surface area (Å²) < 4.78 is 11.8. The molecule has 0 aromatic heterocycles. The van der Waals surface area contributed by atoms with Gasteiger partial charge < -0.3 is 15.2 Å². The molecule has 1 heterocycles. The van der Waals surface area contributed by atoms with Crippen LogP contribution in [0.4, 0.5) is 0 Å². The van der Waals surface area contributed by atoms with Crippen molar-refractivity contribution in [2.24, 2.45) is 16.6 Å². The standard InChI is InChI=1S/C14H26N2O2/c1-10(2)8-12(13-9-16-14(15)18-13)17-11-6-4-3-5-7-11/h10-13H,3-9H2,1-2H3,(H2,15,16). The van der Waals surface area contributed by atoms with Gasteiger partial charge in [0.25, 0.3) is 6.02 Å². The molecule has 2 rings (SSSR count). The Morgan fingerprint density at radius 3 is 2.61 bits per heavy atom. The summed E-state index contributed by atoms with van der Waals surface area (Å²) in [6.07, 6.45) is 7.91. The summed E-state index contributed by atoms with van der Waals surface area (Å²) in [4.78, 5) is 4.13. The Kier molecular flexibility index (Phi) is 4.87. The molecule has 0 amide bonds. The lowest BCUT2D eigenvalue weighted by molar-refractivity contribution is -0.0833. The molecular weight excluding hydrogens is 228 g/mol. The minimum Gasteiger partial charge on any atom is -0.457 e. The lowest BCUT2D eigenvalue weighted by Gasteiger charge is -2.31. The van der Waals surface area contributed by atoms with Gasteiger partial charge in [0.1, 0.15) is 6.10 Å². The van der Waals surface area contributed by atoms with Gasteiger partial charge in [0.05, 0.1) is 18.8 Å². The highest BCUT2D eigenvalue weighted by molar-refractivity contribution is 5.73. The van der Waals surface area contributed by atoms with E-state index in [0.29, 0.717) is 24.6 Å². The maximum Gasteiger partial charge on any atom is 0.282 e. The Morgan fingerprint density at radius 1 is 1.33 bits per heavy atom. The van der Waals surface area contributed by atoms with Gasteiger partial charge in [-0.2, -0.15) is 0 Å². The van der Waals surface area contributed by atoms with Crippen molar-refractivity contribution >= 4 is 6.02 Å². The third-order valence-corrected chi connectivity index (χ3v) is 3.74. The quantitative estimate of drug-likeness (QED) is 0.820. The largest absolute Gasteiger partial charge is 0.457 e. The maximum absolute atomic E-state index is 6.28. The van der Waals surface area contributed by atoms with E-state index < -0.39 is 0 Å². The van der Waals surface area contributed by atoms with E-state index in [4.69, 9.17) is 15.2 Å². The molecule has 2 aliphatic rings. The minimum absolute atomic E-state index is 0.0225.